The second-order valence-electron chi connectivity index (χ2n) is 10.1. The van der Waals surface area contributed by atoms with Crippen molar-refractivity contribution in [2.45, 2.75) is 45.4 Å². The zero-order valence-corrected chi connectivity index (χ0v) is 20.1. The number of nitrogens with one attached hydrogen (secondary N) is 1. The van der Waals surface area contributed by atoms with E-state index < -0.39 is 0 Å². The van der Waals surface area contributed by atoms with E-state index in [9.17, 15) is 4.79 Å². The monoisotopic (exact) mass is 454 g/mol. The van der Waals surface area contributed by atoms with Crippen molar-refractivity contribution in [1.82, 2.24) is 14.5 Å². The number of Topliss-reactive ketones (excluding diaryl/α,β-unsaturated/α-hetero) is 1. The fourth-order valence-electron chi connectivity index (χ4n) is 4.03. The summed E-state index contributed by atoms with van der Waals surface area (Å²) in [4.78, 5) is 21.3. The van der Waals surface area contributed by atoms with E-state index in [1.165, 1.54) is 5.56 Å². The Hall–Kier alpha value is -3.67. The van der Waals surface area contributed by atoms with Crippen molar-refractivity contribution in [2.75, 3.05) is 5.32 Å². The summed E-state index contributed by atoms with van der Waals surface area (Å²) >= 11 is 0. The second kappa shape index (κ2) is 8.60. The number of hydrogen-bond acceptors (Lipinski definition) is 5. The molecular weight excluding hydrogens is 424 g/mol. The number of anilines is 2. The lowest BCUT2D eigenvalue weighted by Gasteiger charge is -2.20. The average Bonchev–Trinajstić information content (AvgIpc) is 3.60. The number of aromatic nitrogens is 3. The Morgan fingerprint density at radius 2 is 1.88 bits per heavy atom. The minimum absolute atomic E-state index is 0.0777. The number of ether oxygens (including phenoxy) is 1. The molecular formula is C28H30N4O2. The molecule has 0 amide bonds. The molecule has 0 aliphatic heterocycles. The number of ketones is 1. The van der Waals surface area contributed by atoms with Crippen LogP contribution in [0.3, 0.4) is 0 Å². The number of aryl methyl sites for hydroxylation is 1. The highest BCUT2D eigenvalue weighted by atomic mass is 16.5. The molecule has 1 saturated carbocycles. The molecule has 0 spiro atoms. The fourth-order valence-corrected chi connectivity index (χ4v) is 4.03. The Bertz CT molecular complexity index is 1360. The predicted octanol–water partition coefficient (Wildman–Crippen LogP) is 6.32. The summed E-state index contributed by atoms with van der Waals surface area (Å²) in [7, 11) is 2.00. The van der Waals surface area contributed by atoms with Crippen molar-refractivity contribution in [3.63, 3.8) is 0 Å². The number of benzene rings is 2. The van der Waals surface area contributed by atoms with Crippen LogP contribution in [-0.2, 0) is 23.7 Å². The van der Waals surface area contributed by atoms with Gasteiger partial charge in [-0.05, 0) is 54.2 Å². The van der Waals surface area contributed by atoms with Gasteiger partial charge < -0.3 is 14.6 Å². The molecule has 0 unspecified atom stereocenters. The maximum Gasteiger partial charge on any atom is 0.208 e. The van der Waals surface area contributed by atoms with Crippen molar-refractivity contribution >= 4 is 28.5 Å². The Kier molecular flexibility index (Phi) is 5.60. The van der Waals surface area contributed by atoms with Gasteiger partial charge in [-0.15, -0.1) is 0 Å². The minimum atomic E-state index is 0.0777. The van der Waals surface area contributed by atoms with E-state index in [1.54, 1.807) is 6.20 Å². The van der Waals surface area contributed by atoms with Crippen molar-refractivity contribution in [3.05, 3.63) is 72.1 Å². The molecule has 2 heterocycles. The molecule has 1 fully saturated rings. The standard InChI is InChI=1S/C28H30N4O2/c1-28(2,3)19-6-5-7-20(14-19)30-27-31-24-17-22(10-11-25(24)32(27)4)34-23-12-13-29-21(15-23)16-26(33)18-8-9-18/h5-7,10-15,17-18H,8-9,16H2,1-4H3,(H,30,31). The SMILES string of the molecule is Cn1c(Nc2cccc(C(C)(C)C)c2)nc2cc(Oc3ccnc(CC(=O)C4CC4)c3)ccc21. The first kappa shape index (κ1) is 22.1. The molecule has 2 aromatic carbocycles. The van der Waals surface area contributed by atoms with Crippen LogP contribution < -0.4 is 10.1 Å². The molecule has 0 atom stereocenters. The van der Waals surface area contributed by atoms with E-state index >= 15 is 0 Å². The smallest absolute Gasteiger partial charge is 0.208 e. The molecule has 174 valence electrons. The van der Waals surface area contributed by atoms with Gasteiger partial charge in [-0.1, -0.05) is 32.9 Å². The molecule has 0 bridgehead atoms. The van der Waals surface area contributed by atoms with Crippen LogP contribution in [0.15, 0.2) is 60.8 Å². The molecule has 34 heavy (non-hydrogen) atoms. The Labute approximate surface area is 200 Å². The van der Waals surface area contributed by atoms with E-state index in [0.29, 0.717) is 17.9 Å². The van der Waals surface area contributed by atoms with Gasteiger partial charge in [0.2, 0.25) is 5.95 Å². The van der Waals surface area contributed by atoms with E-state index in [2.05, 4.69) is 55.3 Å². The fraction of sp³-hybridized carbons (Fsp3) is 0.321. The molecule has 1 aliphatic carbocycles. The van der Waals surface area contributed by atoms with Crippen molar-refractivity contribution in [3.8, 4) is 11.5 Å². The lowest BCUT2D eigenvalue weighted by atomic mass is 9.87. The van der Waals surface area contributed by atoms with Gasteiger partial charge in [0.15, 0.2) is 0 Å². The largest absolute Gasteiger partial charge is 0.457 e. The number of nitrogens with zero attached hydrogens (tertiary/aromatic N) is 3. The molecule has 6 nitrogen and oxygen atoms in total. The van der Waals surface area contributed by atoms with Gasteiger partial charge in [-0.25, -0.2) is 4.98 Å². The molecule has 4 aromatic rings. The molecule has 5 rings (SSSR count). The number of carbonyl (C=O) groups excluding carboxylic acids is 1. The number of hydrogen-bond donors (Lipinski definition) is 1. The van der Waals surface area contributed by atoms with Crippen LogP contribution in [0.5, 0.6) is 11.5 Å². The lowest BCUT2D eigenvalue weighted by Crippen LogP contribution is -2.11. The number of carbonyl (C=O) groups is 1. The number of fused-ring (bicyclic) bond motifs is 1. The van der Waals surface area contributed by atoms with E-state index in [-0.39, 0.29) is 17.1 Å². The average molecular weight is 455 g/mol. The molecule has 1 aliphatic rings. The van der Waals surface area contributed by atoms with Crippen LogP contribution in [0.1, 0.15) is 44.9 Å². The summed E-state index contributed by atoms with van der Waals surface area (Å²) in [6, 6.07) is 18.0. The molecule has 2 aromatic heterocycles. The number of pyridine rings is 1. The summed E-state index contributed by atoms with van der Waals surface area (Å²) in [6.07, 6.45) is 4.08. The van der Waals surface area contributed by atoms with E-state index in [4.69, 9.17) is 9.72 Å². The highest BCUT2D eigenvalue weighted by molar-refractivity contribution is 5.85. The van der Waals surface area contributed by atoms with Crippen LogP contribution >= 0.6 is 0 Å². The normalized spacial score (nSPS) is 13.8. The Balaban J connectivity index is 1.35. The summed E-state index contributed by atoms with van der Waals surface area (Å²) in [5, 5.41) is 3.45. The summed E-state index contributed by atoms with van der Waals surface area (Å²) in [5.41, 5.74) is 4.95. The predicted molar refractivity (Wildman–Crippen MR) is 135 cm³/mol. The summed E-state index contributed by atoms with van der Waals surface area (Å²) in [5.74, 6) is 2.63. The van der Waals surface area contributed by atoms with Gasteiger partial charge in [-0.2, -0.15) is 0 Å². The number of rotatable bonds is 7. The van der Waals surface area contributed by atoms with Gasteiger partial charge in [0.25, 0.3) is 0 Å². The third-order valence-electron chi connectivity index (χ3n) is 6.25. The van der Waals surface area contributed by atoms with Crippen molar-refractivity contribution < 1.29 is 9.53 Å². The maximum atomic E-state index is 12.1. The Morgan fingerprint density at radius 1 is 1.09 bits per heavy atom. The van der Waals surface area contributed by atoms with Crippen LogP contribution in [0.25, 0.3) is 11.0 Å². The van der Waals surface area contributed by atoms with Gasteiger partial charge in [-0.3, -0.25) is 9.78 Å². The van der Waals surface area contributed by atoms with E-state index in [1.807, 2.05) is 41.9 Å². The first-order chi connectivity index (χ1) is 16.3. The van der Waals surface area contributed by atoms with Gasteiger partial charge >= 0.3 is 0 Å². The van der Waals surface area contributed by atoms with Crippen molar-refractivity contribution in [2.24, 2.45) is 13.0 Å². The topological polar surface area (TPSA) is 69.0 Å². The summed E-state index contributed by atoms with van der Waals surface area (Å²) in [6.45, 7) is 6.62. The molecule has 0 radical (unpaired) electrons. The zero-order valence-electron chi connectivity index (χ0n) is 20.1. The molecule has 0 saturated heterocycles. The van der Waals surface area contributed by atoms with Crippen LogP contribution in [0.2, 0.25) is 0 Å². The van der Waals surface area contributed by atoms with Crippen LogP contribution in [-0.4, -0.2) is 20.3 Å². The first-order valence-electron chi connectivity index (χ1n) is 11.8. The third-order valence-corrected chi connectivity index (χ3v) is 6.25. The van der Waals surface area contributed by atoms with Gasteiger partial charge in [0.05, 0.1) is 16.7 Å². The van der Waals surface area contributed by atoms with Gasteiger partial charge in [0.1, 0.15) is 17.3 Å². The molecule has 1 N–H and O–H groups in total. The van der Waals surface area contributed by atoms with E-state index in [0.717, 1.165) is 41.2 Å². The number of imidazole rings is 1. The zero-order chi connectivity index (χ0) is 23.9. The van der Waals surface area contributed by atoms with Crippen molar-refractivity contribution in [1.29, 1.82) is 0 Å². The summed E-state index contributed by atoms with van der Waals surface area (Å²) < 4.78 is 8.12. The maximum absolute atomic E-state index is 12.1. The second-order valence-corrected chi connectivity index (χ2v) is 10.1. The third kappa shape index (κ3) is 4.81. The highest BCUT2D eigenvalue weighted by Gasteiger charge is 2.29. The minimum Gasteiger partial charge on any atom is -0.457 e. The van der Waals surface area contributed by atoms with Crippen LogP contribution in [0, 0.1) is 5.92 Å². The highest BCUT2D eigenvalue weighted by Crippen LogP contribution is 2.32. The lowest BCUT2D eigenvalue weighted by molar-refractivity contribution is -0.119. The van der Waals surface area contributed by atoms with Gasteiger partial charge in [0, 0.05) is 43.4 Å². The molecule has 6 heteroatoms. The Morgan fingerprint density at radius 3 is 2.65 bits per heavy atom. The van der Waals surface area contributed by atoms with Crippen LogP contribution in [0.4, 0.5) is 11.6 Å². The quantitative estimate of drug-likeness (QED) is 0.354. The first-order valence-corrected chi connectivity index (χ1v) is 11.8.